The van der Waals surface area contributed by atoms with Crippen LogP contribution in [0, 0.1) is 6.92 Å². The second kappa shape index (κ2) is 5.85. The largest absolute Gasteiger partial charge is 0.478 e. The number of hydrogen-bond donors (Lipinski definition) is 3. The Bertz CT molecular complexity index is 604. The maximum Gasteiger partial charge on any atom is 0.338 e. The van der Waals surface area contributed by atoms with Crippen LogP contribution in [0.2, 0.25) is 0 Å². The van der Waals surface area contributed by atoms with E-state index < -0.39 is 12.0 Å². The van der Waals surface area contributed by atoms with Crippen molar-refractivity contribution in [2.24, 2.45) is 0 Å². The topological polar surface area (TPSA) is 78.4 Å². The third kappa shape index (κ3) is 3.55. The van der Waals surface area contributed by atoms with Crippen LogP contribution in [0.15, 0.2) is 23.6 Å². The van der Waals surface area contributed by atoms with Crippen molar-refractivity contribution >= 4 is 39.7 Å². The monoisotopic (exact) mass is 296 g/mol. The predicted molar refractivity (Wildman–Crippen MR) is 76.2 cm³/mol. The van der Waals surface area contributed by atoms with Gasteiger partial charge < -0.3 is 10.4 Å². The van der Waals surface area contributed by atoms with E-state index in [0.717, 1.165) is 4.88 Å². The fourth-order valence-corrected chi connectivity index (χ4v) is 3.07. The molecule has 2 rings (SSSR count). The maximum absolute atomic E-state index is 11.7. The number of carboxylic acids is 1. The summed E-state index contributed by atoms with van der Waals surface area (Å²) in [5.74, 6) is -1.05. The summed E-state index contributed by atoms with van der Waals surface area (Å²) in [7, 11) is 0. The van der Waals surface area contributed by atoms with Crippen molar-refractivity contribution in [1.29, 1.82) is 0 Å². The molecule has 2 aromatic rings. The highest BCUT2D eigenvalue weighted by Crippen LogP contribution is 2.23. The summed E-state index contributed by atoms with van der Waals surface area (Å²) >= 11 is 2.79. The van der Waals surface area contributed by atoms with E-state index >= 15 is 0 Å². The highest BCUT2D eigenvalue weighted by Gasteiger charge is 2.13. The Hall–Kier alpha value is -1.86. The molecule has 0 radical (unpaired) electrons. The van der Waals surface area contributed by atoms with Gasteiger partial charge >= 0.3 is 12.0 Å². The van der Waals surface area contributed by atoms with Crippen molar-refractivity contribution in [2.45, 2.75) is 13.5 Å². The van der Waals surface area contributed by atoms with Gasteiger partial charge in [-0.3, -0.25) is 5.32 Å². The van der Waals surface area contributed by atoms with E-state index in [1.165, 1.54) is 22.3 Å². The van der Waals surface area contributed by atoms with Gasteiger partial charge in [0.05, 0.1) is 12.1 Å². The van der Waals surface area contributed by atoms with E-state index in [-0.39, 0.29) is 5.56 Å². The first-order valence-corrected chi connectivity index (χ1v) is 7.17. The minimum Gasteiger partial charge on any atom is -0.478 e. The molecule has 0 saturated carbocycles. The molecule has 0 bridgehead atoms. The molecule has 2 aromatic heterocycles. The molecule has 0 aromatic carbocycles. The van der Waals surface area contributed by atoms with Crippen molar-refractivity contribution in [1.82, 2.24) is 5.32 Å². The standard InChI is InChI=1S/C12H12N2O3S2/c1-7-2-3-8(19-7)6-13-12(17)14-10-9(11(15)16)4-5-18-10/h2-5H,6H2,1H3,(H,15,16)(H2,13,14,17). The molecule has 0 aliphatic carbocycles. The lowest BCUT2D eigenvalue weighted by molar-refractivity contribution is 0.0698. The number of amides is 2. The lowest BCUT2D eigenvalue weighted by Crippen LogP contribution is -2.28. The summed E-state index contributed by atoms with van der Waals surface area (Å²) in [4.78, 5) is 24.8. The molecule has 0 atom stereocenters. The van der Waals surface area contributed by atoms with Crippen LogP contribution in [0.25, 0.3) is 0 Å². The molecular weight excluding hydrogens is 284 g/mol. The fourth-order valence-electron chi connectivity index (χ4n) is 1.47. The molecule has 0 aliphatic rings. The maximum atomic E-state index is 11.7. The Labute approximate surface area is 117 Å². The van der Waals surface area contributed by atoms with Gasteiger partial charge in [0.1, 0.15) is 5.00 Å². The van der Waals surface area contributed by atoms with Crippen LogP contribution in [-0.2, 0) is 6.54 Å². The zero-order valence-corrected chi connectivity index (χ0v) is 11.7. The fraction of sp³-hybridized carbons (Fsp3) is 0.167. The van der Waals surface area contributed by atoms with E-state index in [4.69, 9.17) is 5.11 Å². The van der Waals surface area contributed by atoms with Crippen LogP contribution in [0.5, 0.6) is 0 Å². The highest BCUT2D eigenvalue weighted by molar-refractivity contribution is 7.14. The number of hydrogen-bond acceptors (Lipinski definition) is 4. The molecule has 0 aliphatic heterocycles. The molecule has 3 N–H and O–H groups in total. The summed E-state index contributed by atoms with van der Waals surface area (Å²) in [5, 5.41) is 16.1. The van der Waals surface area contributed by atoms with E-state index in [0.29, 0.717) is 11.5 Å². The molecule has 100 valence electrons. The van der Waals surface area contributed by atoms with Crippen molar-refractivity contribution in [2.75, 3.05) is 5.32 Å². The molecule has 0 spiro atoms. The number of nitrogens with one attached hydrogen (secondary N) is 2. The number of carbonyl (C=O) groups is 2. The predicted octanol–water partition coefficient (Wildman–Crippen LogP) is 3.14. The van der Waals surface area contributed by atoms with Crippen molar-refractivity contribution < 1.29 is 14.7 Å². The van der Waals surface area contributed by atoms with Crippen molar-refractivity contribution in [3.8, 4) is 0 Å². The van der Waals surface area contributed by atoms with E-state index in [1.807, 2.05) is 19.1 Å². The number of thiophene rings is 2. The van der Waals surface area contributed by atoms with Crippen LogP contribution in [0.1, 0.15) is 20.1 Å². The first-order valence-electron chi connectivity index (χ1n) is 5.47. The number of aromatic carboxylic acids is 1. The smallest absolute Gasteiger partial charge is 0.338 e. The van der Waals surface area contributed by atoms with Gasteiger partial charge in [0, 0.05) is 9.75 Å². The SMILES string of the molecule is Cc1ccc(CNC(=O)Nc2sccc2C(=O)O)s1. The molecule has 2 amide bonds. The molecule has 5 nitrogen and oxygen atoms in total. The number of rotatable bonds is 4. The zero-order chi connectivity index (χ0) is 13.8. The Kier molecular flexibility index (Phi) is 4.18. The average Bonchev–Trinajstić information content (AvgIpc) is 2.95. The summed E-state index contributed by atoms with van der Waals surface area (Å²) in [6, 6.07) is 5.00. The minimum atomic E-state index is -1.05. The van der Waals surface area contributed by atoms with Crippen LogP contribution in [-0.4, -0.2) is 17.1 Å². The van der Waals surface area contributed by atoms with Crippen LogP contribution < -0.4 is 10.6 Å². The number of urea groups is 1. The van der Waals surface area contributed by atoms with E-state index in [9.17, 15) is 9.59 Å². The molecule has 19 heavy (non-hydrogen) atoms. The first kappa shape index (κ1) is 13.6. The summed E-state index contributed by atoms with van der Waals surface area (Å²) in [6.07, 6.45) is 0. The van der Waals surface area contributed by atoms with E-state index in [1.54, 1.807) is 16.7 Å². The summed E-state index contributed by atoms with van der Waals surface area (Å²) in [5.41, 5.74) is 0.104. The minimum absolute atomic E-state index is 0.104. The van der Waals surface area contributed by atoms with Gasteiger partial charge in [-0.05, 0) is 30.5 Å². The second-order valence-corrected chi connectivity index (χ2v) is 6.08. The van der Waals surface area contributed by atoms with Crippen LogP contribution in [0.3, 0.4) is 0 Å². The van der Waals surface area contributed by atoms with Crippen LogP contribution >= 0.6 is 22.7 Å². The number of aryl methyl sites for hydroxylation is 1. The Morgan fingerprint density at radius 1 is 1.32 bits per heavy atom. The van der Waals surface area contributed by atoms with Gasteiger partial charge in [0.25, 0.3) is 0 Å². The molecule has 7 heteroatoms. The second-order valence-electron chi connectivity index (χ2n) is 3.79. The summed E-state index contributed by atoms with van der Waals surface area (Å²) < 4.78 is 0. The number of carboxylic acid groups (broad SMARTS) is 1. The third-order valence-corrected chi connectivity index (χ3v) is 4.17. The molecular formula is C12H12N2O3S2. The van der Waals surface area contributed by atoms with Gasteiger partial charge in [-0.15, -0.1) is 22.7 Å². The lowest BCUT2D eigenvalue weighted by Gasteiger charge is -2.05. The van der Waals surface area contributed by atoms with Gasteiger partial charge in [0.2, 0.25) is 0 Å². The zero-order valence-electron chi connectivity index (χ0n) is 10.1. The van der Waals surface area contributed by atoms with Crippen molar-refractivity contribution in [3.63, 3.8) is 0 Å². The Morgan fingerprint density at radius 2 is 2.11 bits per heavy atom. The molecule has 0 saturated heterocycles. The Balaban J connectivity index is 1.90. The highest BCUT2D eigenvalue weighted by atomic mass is 32.1. The molecule has 0 fully saturated rings. The summed E-state index contributed by atoms with van der Waals surface area (Å²) in [6.45, 7) is 2.43. The van der Waals surface area contributed by atoms with Crippen LogP contribution in [0.4, 0.5) is 9.80 Å². The van der Waals surface area contributed by atoms with Crippen molar-refractivity contribution in [3.05, 3.63) is 38.9 Å². The van der Waals surface area contributed by atoms with Gasteiger partial charge in [-0.2, -0.15) is 0 Å². The van der Waals surface area contributed by atoms with Gasteiger partial charge in [0.15, 0.2) is 0 Å². The number of carbonyl (C=O) groups excluding carboxylic acids is 1. The molecule has 0 unspecified atom stereocenters. The lowest BCUT2D eigenvalue weighted by atomic mass is 10.3. The molecule has 2 heterocycles. The normalized spacial score (nSPS) is 10.2. The quantitative estimate of drug-likeness (QED) is 0.811. The van der Waals surface area contributed by atoms with Gasteiger partial charge in [-0.25, -0.2) is 9.59 Å². The van der Waals surface area contributed by atoms with E-state index in [2.05, 4.69) is 10.6 Å². The van der Waals surface area contributed by atoms with Gasteiger partial charge in [-0.1, -0.05) is 0 Å². The first-order chi connectivity index (χ1) is 9.06. The number of anilines is 1. The third-order valence-electron chi connectivity index (χ3n) is 2.34. The Morgan fingerprint density at radius 3 is 2.74 bits per heavy atom. The average molecular weight is 296 g/mol.